The third kappa shape index (κ3) is 1.93. The van der Waals surface area contributed by atoms with Crippen LogP contribution in [-0.4, -0.2) is 10.4 Å². The Balaban J connectivity index is 2.26. The first-order chi connectivity index (χ1) is 9.68. The average molecular weight is 263 g/mol. The number of nitrogens with zero attached hydrogens (tertiary/aromatic N) is 1. The summed E-state index contributed by atoms with van der Waals surface area (Å²) < 4.78 is 1.81. The molecule has 0 aliphatic heterocycles. The lowest BCUT2D eigenvalue weighted by molar-refractivity contribution is 0.103. The first kappa shape index (κ1) is 12.4. The largest absolute Gasteiger partial charge is 0.350 e. The summed E-state index contributed by atoms with van der Waals surface area (Å²) in [6.45, 7) is 0. The minimum atomic E-state index is -0.239. The Hall–Kier alpha value is -2.68. The van der Waals surface area contributed by atoms with Gasteiger partial charge in [0.1, 0.15) is 0 Å². The zero-order chi connectivity index (χ0) is 14.1. The van der Waals surface area contributed by atoms with E-state index >= 15 is 0 Å². The smallest absolute Gasteiger partial charge is 0.200 e. The fraction of sp³-hybridized carbons (Fsp3) is 0.0588. The predicted molar refractivity (Wildman–Crippen MR) is 79.1 cm³/mol. The Morgan fingerprint density at radius 3 is 2.35 bits per heavy atom. The summed E-state index contributed by atoms with van der Waals surface area (Å²) in [5.41, 5.74) is 1.34. The van der Waals surface area contributed by atoms with Crippen molar-refractivity contribution in [1.29, 1.82) is 0 Å². The van der Waals surface area contributed by atoms with Gasteiger partial charge in [-0.15, -0.1) is 0 Å². The van der Waals surface area contributed by atoms with E-state index in [1.165, 1.54) is 0 Å². The monoisotopic (exact) mass is 263 g/mol. The van der Waals surface area contributed by atoms with E-state index in [4.69, 9.17) is 0 Å². The Morgan fingerprint density at radius 1 is 0.950 bits per heavy atom. The number of pyridine rings is 1. The minimum Gasteiger partial charge on any atom is -0.350 e. The van der Waals surface area contributed by atoms with E-state index in [-0.39, 0.29) is 16.8 Å². The van der Waals surface area contributed by atoms with E-state index in [0.717, 1.165) is 5.52 Å². The lowest BCUT2D eigenvalue weighted by Crippen LogP contribution is -2.18. The van der Waals surface area contributed by atoms with Gasteiger partial charge in [-0.3, -0.25) is 9.59 Å². The van der Waals surface area contributed by atoms with Crippen LogP contribution in [0.15, 0.2) is 65.6 Å². The summed E-state index contributed by atoms with van der Waals surface area (Å²) >= 11 is 0. The van der Waals surface area contributed by atoms with Gasteiger partial charge in [-0.1, -0.05) is 42.5 Å². The van der Waals surface area contributed by atoms with E-state index < -0.39 is 0 Å². The number of benzene rings is 2. The molecule has 0 fully saturated rings. The van der Waals surface area contributed by atoms with E-state index in [1.54, 1.807) is 42.6 Å². The summed E-state index contributed by atoms with van der Waals surface area (Å²) in [5.74, 6) is -0.239. The highest BCUT2D eigenvalue weighted by Crippen LogP contribution is 2.13. The quantitative estimate of drug-likeness (QED) is 0.667. The van der Waals surface area contributed by atoms with Gasteiger partial charge in [0.25, 0.3) is 0 Å². The molecule has 0 radical (unpaired) electrons. The second kappa shape index (κ2) is 4.78. The molecule has 3 aromatic rings. The van der Waals surface area contributed by atoms with Gasteiger partial charge in [-0.25, -0.2) is 0 Å². The van der Waals surface area contributed by atoms with Gasteiger partial charge in [-0.2, -0.15) is 0 Å². The van der Waals surface area contributed by atoms with Gasteiger partial charge in [-0.05, 0) is 12.1 Å². The van der Waals surface area contributed by atoms with E-state index in [0.29, 0.717) is 10.9 Å². The first-order valence-electron chi connectivity index (χ1n) is 6.36. The molecular weight excluding hydrogens is 250 g/mol. The first-order valence-corrected chi connectivity index (χ1v) is 6.36. The molecule has 0 spiro atoms. The summed E-state index contributed by atoms with van der Waals surface area (Å²) in [6, 6.07) is 16.2. The number of carbonyl (C=O) groups is 1. The fourth-order valence-corrected chi connectivity index (χ4v) is 2.35. The number of hydrogen-bond acceptors (Lipinski definition) is 2. The van der Waals surface area contributed by atoms with Crippen LogP contribution < -0.4 is 5.43 Å². The van der Waals surface area contributed by atoms with Crippen molar-refractivity contribution >= 4 is 16.7 Å². The zero-order valence-electron chi connectivity index (χ0n) is 11.0. The predicted octanol–water partition coefficient (Wildman–Crippen LogP) is 2.77. The lowest BCUT2D eigenvalue weighted by Gasteiger charge is -2.08. The van der Waals surface area contributed by atoms with Crippen molar-refractivity contribution < 1.29 is 4.79 Å². The lowest BCUT2D eigenvalue weighted by atomic mass is 10.0. The maximum Gasteiger partial charge on any atom is 0.200 e. The topological polar surface area (TPSA) is 39.1 Å². The third-order valence-corrected chi connectivity index (χ3v) is 3.38. The minimum absolute atomic E-state index is 0.206. The van der Waals surface area contributed by atoms with E-state index in [1.807, 2.05) is 29.8 Å². The molecule has 98 valence electrons. The Labute approximate surface area is 116 Å². The molecule has 0 bridgehead atoms. The molecule has 0 saturated heterocycles. The van der Waals surface area contributed by atoms with Gasteiger partial charge in [0.15, 0.2) is 5.78 Å². The Bertz CT molecular complexity index is 848. The second-order valence-corrected chi connectivity index (χ2v) is 4.70. The zero-order valence-corrected chi connectivity index (χ0v) is 11.0. The van der Waals surface area contributed by atoms with Crippen LogP contribution in [-0.2, 0) is 7.05 Å². The van der Waals surface area contributed by atoms with E-state index in [2.05, 4.69) is 0 Å². The van der Waals surface area contributed by atoms with Crippen LogP contribution in [0.5, 0.6) is 0 Å². The van der Waals surface area contributed by atoms with Crippen LogP contribution in [0.25, 0.3) is 10.9 Å². The SMILES string of the molecule is Cn1cc(C(=O)c2ccccc2)c(=O)c2ccccc21. The van der Waals surface area contributed by atoms with Crippen molar-refractivity contribution in [3.8, 4) is 0 Å². The Morgan fingerprint density at radius 2 is 1.60 bits per heavy atom. The number of carbonyl (C=O) groups excluding carboxylic acids is 1. The number of hydrogen-bond donors (Lipinski definition) is 0. The molecule has 0 aliphatic carbocycles. The molecule has 2 aromatic carbocycles. The van der Waals surface area contributed by atoms with Gasteiger partial charge in [0.2, 0.25) is 5.43 Å². The molecule has 0 unspecified atom stereocenters. The summed E-state index contributed by atoms with van der Waals surface area (Å²) in [5, 5.41) is 0.566. The molecule has 3 nitrogen and oxygen atoms in total. The highest BCUT2D eigenvalue weighted by Gasteiger charge is 2.15. The molecule has 0 N–H and O–H groups in total. The van der Waals surface area contributed by atoms with Gasteiger partial charge < -0.3 is 4.57 Å². The summed E-state index contributed by atoms with van der Waals surface area (Å²) in [7, 11) is 1.84. The van der Waals surface area contributed by atoms with Crippen LogP contribution in [0, 0.1) is 0 Å². The number of aromatic nitrogens is 1. The highest BCUT2D eigenvalue weighted by molar-refractivity contribution is 6.10. The standard InChI is InChI=1S/C17H13NO2/c1-18-11-14(16(19)12-7-3-2-4-8-12)17(20)13-9-5-6-10-15(13)18/h2-11H,1H3. The number of para-hydroxylation sites is 1. The van der Waals surface area contributed by atoms with Gasteiger partial charge in [0, 0.05) is 24.2 Å². The van der Waals surface area contributed by atoms with Crippen LogP contribution in [0.4, 0.5) is 0 Å². The van der Waals surface area contributed by atoms with Crippen molar-refractivity contribution in [3.63, 3.8) is 0 Å². The number of ketones is 1. The molecule has 0 aliphatic rings. The molecule has 20 heavy (non-hydrogen) atoms. The molecule has 0 atom stereocenters. The number of aryl methyl sites for hydroxylation is 1. The molecule has 3 heteroatoms. The normalized spacial score (nSPS) is 10.7. The Kier molecular flexibility index (Phi) is 2.95. The molecule has 1 heterocycles. The molecule has 0 amide bonds. The summed E-state index contributed by atoms with van der Waals surface area (Å²) in [6.07, 6.45) is 1.61. The van der Waals surface area contributed by atoms with Crippen LogP contribution in [0.3, 0.4) is 0 Å². The van der Waals surface area contributed by atoms with Crippen molar-refractivity contribution in [2.75, 3.05) is 0 Å². The molecular formula is C17H13NO2. The van der Waals surface area contributed by atoms with Gasteiger partial charge in [0.05, 0.1) is 11.1 Å². The van der Waals surface area contributed by atoms with Crippen LogP contribution in [0.2, 0.25) is 0 Å². The second-order valence-electron chi connectivity index (χ2n) is 4.70. The van der Waals surface area contributed by atoms with Crippen molar-refractivity contribution in [2.45, 2.75) is 0 Å². The van der Waals surface area contributed by atoms with Crippen molar-refractivity contribution in [3.05, 3.63) is 82.1 Å². The number of rotatable bonds is 2. The van der Waals surface area contributed by atoms with Crippen LogP contribution in [0.1, 0.15) is 15.9 Å². The number of fused-ring (bicyclic) bond motifs is 1. The van der Waals surface area contributed by atoms with E-state index in [9.17, 15) is 9.59 Å². The fourth-order valence-electron chi connectivity index (χ4n) is 2.35. The highest BCUT2D eigenvalue weighted by atomic mass is 16.1. The van der Waals surface area contributed by atoms with Crippen LogP contribution >= 0.6 is 0 Å². The third-order valence-electron chi connectivity index (χ3n) is 3.38. The summed E-state index contributed by atoms with van der Waals surface area (Å²) in [4.78, 5) is 24.9. The molecule has 3 rings (SSSR count). The average Bonchev–Trinajstić information content (AvgIpc) is 2.51. The molecule has 1 aromatic heterocycles. The van der Waals surface area contributed by atoms with Crippen molar-refractivity contribution in [2.24, 2.45) is 7.05 Å². The maximum absolute atomic E-state index is 12.5. The van der Waals surface area contributed by atoms with Gasteiger partial charge >= 0.3 is 0 Å². The molecule has 0 saturated carbocycles. The maximum atomic E-state index is 12.5. The van der Waals surface area contributed by atoms with Crippen molar-refractivity contribution in [1.82, 2.24) is 4.57 Å².